The molecule has 0 unspecified atom stereocenters. The van der Waals surface area contributed by atoms with Gasteiger partial charge in [0.2, 0.25) is 0 Å². The maximum absolute atomic E-state index is 11.6. The van der Waals surface area contributed by atoms with E-state index in [1.807, 2.05) is 6.92 Å². The molecule has 0 aliphatic carbocycles. The summed E-state index contributed by atoms with van der Waals surface area (Å²) in [5.41, 5.74) is 1.23. The van der Waals surface area contributed by atoms with Gasteiger partial charge in [-0.25, -0.2) is 0 Å². The molecule has 0 saturated carbocycles. The second-order valence-electron chi connectivity index (χ2n) is 3.98. The first kappa shape index (κ1) is 12.6. The maximum atomic E-state index is 11.6. The topological polar surface area (TPSA) is 91.4 Å². The molecule has 1 aromatic carbocycles. The van der Waals surface area contributed by atoms with Crippen molar-refractivity contribution in [2.24, 2.45) is 12.2 Å². The highest BCUT2D eigenvalue weighted by atomic mass is 32.2. The number of rotatable bonds is 2. The standard InChI is InChI=1S/C11H12N2O4S/c1-7-5-11(14)13(2)10-6-8(3-4-9(7)10)17-18(12,15)16/h3-6H,1-2H3,(H2,12,15,16). The van der Waals surface area contributed by atoms with Gasteiger partial charge in [-0.05, 0) is 24.6 Å². The molecule has 96 valence electrons. The molecule has 0 amide bonds. The van der Waals surface area contributed by atoms with Crippen molar-refractivity contribution in [2.75, 3.05) is 0 Å². The fourth-order valence-corrected chi connectivity index (χ4v) is 2.16. The predicted molar refractivity (Wildman–Crippen MR) is 67.7 cm³/mol. The van der Waals surface area contributed by atoms with Gasteiger partial charge in [-0.2, -0.15) is 13.6 Å². The van der Waals surface area contributed by atoms with Crippen LogP contribution in [0.3, 0.4) is 0 Å². The van der Waals surface area contributed by atoms with Crippen LogP contribution in [0.15, 0.2) is 29.1 Å². The van der Waals surface area contributed by atoms with E-state index in [4.69, 9.17) is 5.14 Å². The van der Waals surface area contributed by atoms with Gasteiger partial charge in [0.05, 0.1) is 5.52 Å². The number of aromatic nitrogens is 1. The molecule has 2 N–H and O–H groups in total. The molecular formula is C11H12N2O4S. The lowest BCUT2D eigenvalue weighted by Gasteiger charge is -2.09. The largest absolute Gasteiger partial charge is 0.380 e. The Morgan fingerprint density at radius 2 is 1.94 bits per heavy atom. The zero-order valence-electron chi connectivity index (χ0n) is 9.88. The number of fused-ring (bicyclic) bond motifs is 1. The van der Waals surface area contributed by atoms with E-state index in [1.54, 1.807) is 13.1 Å². The highest BCUT2D eigenvalue weighted by Crippen LogP contribution is 2.22. The molecule has 0 fully saturated rings. The molecule has 0 saturated heterocycles. The molecule has 1 heterocycles. The summed E-state index contributed by atoms with van der Waals surface area (Å²) in [6, 6.07) is 6.16. The van der Waals surface area contributed by atoms with Crippen molar-refractivity contribution in [3.63, 3.8) is 0 Å². The van der Waals surface area contributed by atoms with E-state index < -0.39 is 10.3 Å². The maximum Gasteiger partial charge on any atom is 0.380 e. The molecule has 0 aliphatic rings. The second-order valence-corrected chi connectivity index (χ2v) is 5.13. The van der Waals surface area contributed by atoms with Gasteiger partial charge in [0.15, 0.2) is 0 Å². The summed E-state index contributed by atoms with van der Waals surface area (Å²) in [6.45, 7) is 1.81. The van der Waals surface area contributed by atoms with Gasteiger partial charge in [0.1, 0.15) is 5.75 Å². The molecule has 2 aromatic rings. The second kappa shape index (κ2) is 4.11. The highest BCUT2D eigenvalue weighted by molar-refractivity contribution is 7.84. The van der Waals surface area contributed by atoms with Crippen LogP contribution in [0.25, 0.3) is 10.9 Å². The SMILES string of the molecule is Cc1cc(=O)n(C)c2cc(OS(N)(=O)=O)ccc12. The minimum atomic E-state index is -4.07. The van der Waals surface area contributed by atoms with Gasteiger partial charge >= 0.3 is 10.3 Å². The van der Waals surface area contributed by atoms with Crippen LogP contribution in [0.4, 0.5) is 0 Å². The van der Waals surface area contributed by atoms with Gasteiger partial charge in [0.25, 0.3) is 5.56 Å². The average Bonchev–Trinajstić information content (AvgIpc) is 2.23. The van der Waals surface area contributed by atoms with Crippen molar-refractivity contribution in [1.82, 2.24) is 4.57 Å². The lowest BCUT2D eigenvalue weighted by Crippen LogP contribution is -2.19. The molecule has 0 aliphatic heterocycles. The Labute approximate surface area is 104 Å². The lowest BCUT2D eigenvalue weighted by atomic mass is 10.1. The summed E-state index contributed by atoms with van der Waals surface area (Å²) in [5.74, 6) is 0.0746. The third-order valence-electron chi connectivity index (χ3n) is 2.64. The molecule has 0 atom stereocenters. The van der Waals surface area contributed by atoms with Crippen molar-refractivity contribution in [1.29, 1.82) is 0 Å². The molecular weight excluding hydrogens is 256 g/mol. The number of hydrogen-bond acceptors (Lipinski definition) is 4. The molecule has 18 heavy (non-hydrogen) atoms. The number of nitrogens with two attached hydrogens (primary N) is 1. The number of aryl methyl sites for hydroxylation is 2. The van der Waals surface area contributed by atoms with Crippen molar-refractivity contribution < 1.29 is 12.6 Å². The summed E-state index contributed by atoms with van der Waals surface area (Å²) in [5, 5.41) is 5.64. The molecule has 0 radical (unpaired) electrons. The fraction of sp³-hybridized carbons (Fsp3) is 0.182. The van der Waals surface area contributed by atoms with Crippen LogP contribution in [0.2, 0.25) is 0 Å². The van der Waals surface area contributed by atoms with E-state index in [0.29, 0.717) is 5.52 Å². The van der Waals surface area contributed by atoms with Crippen LogP contribution < -0.4 is 14.9 Å². The van der Waals surface area contributed by atoms with E-state index in [2.05, 4.69) is 4.18 Å². The third kappa shape index (κ3) is 2.36. The zero-order valence-corrected chi connectivity index (χ0v) is 10.7. The molecule has 6 nitrogen and oxygen atoms in total. The van der Waals surface area contributed by atoms with Crippen LogP contribution in [0.1, 0.15) is 5.56 Å². The highest BCUT2D eigenvalue weighted by Gasteiger charge is 2.09. The first-order chi connectivity index (χ1) is 8.28. The Morgan fingerprint density at radius 3 is 2.56 bits per heavy atom. The lowest BCUT2D eigenvalue weighted by molar-refractivity contribution is 0.488. The summed E-state index contributed by atoms with van der Waals surface area (Å²) < 4.78 is 27.7. The summed E-state index contributed by atoms with van der Waals surface area (Å²) >= 11 is 0. The summed E-state index contributed by atoms with van der Waals surface area (Å²) in [4.78, 5) is 11.6. The first-order valence-corrected chi connectivity index (χ1v) is 6.58. The van der Waals surface area contributed by atoms with Crippen LogP contribution in [-0.4, -0.2) is 13.0 Å². The molecule has 0 bridgehead atoms. The van der Waals surface area contributed by atoms with Gasteiger partial charge in [-0.1, -0.05) is 0 Å². The summed E-state index contributed by atoms with van der Waals surface area (Å²) in [6.07, 6.45) is 0. The van der Waals surface area contributed by atoms with E-state index in [0.717, 1.165) is 10.9 Å². The first-order valence-electron chi connectivity index (χ1n) is 5.10. The molecule has 2 rings (SSSR count). The molecule has 1 aromatic heterocycles. The quantitative estimate of drug-likeness (QED) is 0.855. The Bertz CT molecular complexity index is 777. The van der Waals surface area contributed by atoms with E-state index in [-0.39, 0.29) is 11.3 Å². The van der Waals surface area contributed by atoms with E-state index in [1.165, 1.54) is 22.8 Å². The fourth-order valence-electron chi connectivity index (χ4n) is 1.79. The summed E-state index contributed by atoms with van der Waals surface area (Å²) in [7, 11) is -2.46. The van der Waals surface area contributed by atoms with Crippen LogP contribution >= 0.6 is 0 Å². The minimum absolute atomic E-state index is 0.0746. The predicted octanol–water partition coefficient (Wildman–Crippen LogP) is 0.429. The molecule has 7 heteroatoms. The number of pyridine rings is 1. The van der Waals surface area contributed by atoms with Crippen molar-refractivity contribution in [3.8, 4) is 5.75 Å². The van der Waals surface area contributed by atoms with Crippen molar-refractivity contribution in [3.05, 3.63) is 40.2 Å². The number of nitrogens with zero attached hydrogens (tertiary/aromatic N) is 1. The van der Waals surface area contributed by atoms with Crippen LogP contribution in [0, 0.1) is 6.92 Å². The Morgan fingerprint density at radius 1 is 1.28 bits per heavy atom. The number of benzene rings is 1. The molecule has 0 spiro atoms. The Kier molecular flexibility index (Phi) is 2.88. The van der Waals surface area contributed by atoms with E-state index >= 15 is 0 Å². The van der Waals surface area contributed by atoms with Crippen LogP contribution in [0.5, 0.6) is 5.75 Å². The smallest absolute Gasteiger partial charge is 0.371 e. The third-order valence-corrected chi connectivity index (χ3v) is 3.06. The van der Waals surface area contributed by atoms with Gasteiger partial charge in [-0.3, -0.25) is 4.79 Å². The normalized spacial score (nSPS) is 11.7. The van der Waals surface area contributed by atoms with Gasteiger partial charge in [0, 0.05) is 24.6 Å². The Hall–Kier alpha value is -1.86. The van der Waals surface area contributed by atoms with Crippen LogP contribution in [-0.2, 0) is 17.4 Å². The Balaban J connectivity index is 2.72. The van der Waals surface area contributed by atoms with Gasteiger partial charge < -0.3 is 8.75 Å². The monoisotopic (exact) mass is 268 g/mol. The minimum Gasteiger partial charge on any atom is -0.371 e. The number of hydrogen-bond donors (Lipinski definition) is 1. The van der Waals surface area contributed by atoms with E-state index in [9.17, 15) is 13.2 Å². The van der Waals surface area contributed by atoms with Crippen molar-refractivity contribution >= 4 is 21.2 Å². The van der Waals surface area contributed by atoms with Gasteiger partial charge in [-0.15, -0.1) is 0 Å². The average molecular weight is 268 g/mol. The van der Waals surface area contributed by atoms with Crippen molar-refractivity contribution in [2.45, 2.75) is 6.92 Å². The zero-order chi connectivity index (χ0) is 13.5.